The number of carbonyl (C=O) groups is 1. The molecule has 1 amide bonds. The van der Waals surface area contributed by atoms with Gasteiger partial charge < -0.3 is 19.7 Å². The van der Waals surface area contributed by atoms with Gasteiger partial charge >= 0.3 is 0 Å². The van der Waals surface area contributed by atoms with E-state index in [0.29, 0.717) is 18.9 Å². The first-order valence-corrected chi connectivity index (χ1v) is 12.8. The van der Waals surface area contributed by atoms with Gasteiger partial charge in [-0.15, -0.1) is 0 Å². The molecule has 0 atom stereocenters. The molecule has 39 heavy (non-hydrogen) atoms. The second kappa shape index (κ2) is 12.1. The number of anilines is 2. The molecule has 0 aliphatic heterocycles. The molecule has 0 aliphatic rings. The van der Waals surface area contributed by atoms with Crippen molar-refractivity contribution in [2.45, 2.75) is 13.0 Å². The summed E-state index contributed by atoms with van der Waals surface area (Å²) in [4.78, 5) is 25.0. The first-order valence-electron chi connectivity index (χ1n) is 12.8. The molecule has 196 valence electrons. The number of fused-ring (bicyclic) bond motifs is 1. The molecular formula is C32H30N4O3. The van der Waals surface area contributed by atoms with Crippen LogP contribution in [0.2, 0.25) is 0 Å². The number of methoxy groups -OCH3 is 2. The molecule has 0 aliphatic carbocycles. The van der Waals surface area contributed by atoms with Crippen molar-refractivity contribution in [1.82, 2.24) is 9.97 Å². The fraction of sp³-hybridized carbons (Fsp3) is 0.156. The van der Waals surface area contributed by atoms with Crippen LogP contribution in [-0.4, -0.2) is 36.6 Å². The Hall–Kier alpha value is -4.91. The quantitative estimate of drug-likeness (QED) is 0.232. The maximum Gasteiger partial charge on any atom is 0.226 e. The molecule has 0 saturated heterocycles. The first-order chi connectivity index (χ1) is 19.1. The summed E-state index contributed by atoms with van der Waals surface area (Å²) in [6, 6.07) is 33.2. The number of amides is 1. The minimum atomic E-state index is -0.0769. The van der Waals surface area contributed by atoms with E-state index in [-0.39, 0.29) is 12.3 Å². The highest BCUT2D eigenvalue weighted by Gasteiger charge is 2.18. The van der Waals surface area contributed by atoms with E-state index in [1.54, 1.807) is 14.2 Å². The van der Waals surface area contributed by atoms with Gasteiger partial charge in [0.05, 0.1) is 19.7 Å². The highest BCUT2D eigenvalue weighted by atomic mass is 16.5. The third kappa shape index (κ3) is 6.33. The number of aromatic nitrogens is 2. The van der Waals surface area contributed by atoms with Gasteiger partial charge in [-0.05, 0) is 66.2 Å². The molecule has 0 radical (unpaired) electrons. The highest BCUT2D eigenvalue weighted by Crippen LogP contribution is 2.29. The molecule has 1 aromatic heterocycles. The molecule has 7 heteroatoms. The van der Waals surface area contributed by atoms with Crippen molar-refractivity contribution in [3.63, 3.8) is 0 Å². The molecule has 0 saturated carbocycles. The number of nitrogens with one attached hydrogen (secondary N) is 1. The third-order valence-corrected chi connectivity index (χ3v) is 6.43. The molecular weight excluding hydrogens is 488 g/mol. The van der Waals surface area contributed by atoms with Gasteiger partial charge in [0, 0.05) is 36.1 Å². The molecule has 7 nitrogen and oxygen atoms in total. The van der Waals surface area contributed by atoms with Crippen LogP contribution in [0, 0.1) is 0 Å². The number of rotatable bonds is 10. The minimum Gasteiger partial charge on any atom is -0.497 e. The van der Waals surface area contributed by atoms with Crippen molar-refractivity contribution in [2.75, 3.05) is 31.0 Å². The third-order valence-electron chi connectivity index (χ3n) is 6.43. The van der Waals surface area contributed by atoms with Gasteiger partial charge in [-0.25, -0.2) is 9.97 Å². The first kappa shape index (κ1) is 25.7. The van der Waals surface area contributed by atoms with Crippen molar-refractivity contribution in [1.29, 1.82) is 0 Å². The lowest BCUT2D eigenvalue weighted by molar-refractivity contribution is -0.116. The molecule has 5 aromatic rings. The topological polar surface area (TPSA) is 76.6 Å². The minimum absolute atomic E-state index is 0.0769. The van der Waals surface area contributed by atoms with Crippen LogP contribution in [0.3, 0.4) is 0 Å². The lowest BCUT2D eigenvalue weighted by Crippen LogP contribution is -2.28. The van der Waals surface area contributed by atoms with Crippen LogP contribution in [0.1, 0.15) is 12.0 Å². The van der Waals surface area contributed by atoms with Crippen molar-refractivity contribution in [3.05, 3.63) is 109 Å². The Morgan fingerprint density at radius 1 is 0.769 bits per heavy atom. The number of hydrogen-bond donors (Lipinski definition) is 1. The summed E-state index contributed by atoms with van der Waals surface area (Å²) in [5.74, 6) is 2.84. The number of benzene rings is 4. The van der Waals surface area contributed by atoms with E-state index in [0.717, 1.165) is 45.0 Å². The second-order valence-corrected chi connectivity index (χ2v) is 9.05. The standard InChI is InChI=1S/C32H30N4O3/c1-38-26-16-12-24(13-17-26)31-34-29-11-7-6-10-28(29)32(35-31)36(22-23-8-4-3-5-9-23)21-20-30(37)33-25-14-18-27(39-2)19-15-25/h3-19H,20-22H2,1-2H3,(H,33,37). The monoisotopic (exact) mass is 518 g/mol. The number of hydrogen-bond acceptors (Lipinski definition) is 6. The van der Waals surface area contributed by atoms with Gasteiger partial charge in [0.1, 0.15) is 17.3 Å². The zero-order valence-electron chi connectivity index (χ0n) is 22.0. The molecule has 1 heterocycles. The summed E-state index contributed by atoms with van der Waals surface area (Å²) in [7, 11) is 3.26. The van der Waals surface area contributed by atoms with Crippen LogP contribution in [0.15, 0.2) is 103 Å². The van der Waals surface area contributed by atoms with E-state index < -0.39 is 0 Å². The lowest BCUT2D eigenvalue weighted by atomic mass is 10.1. The van der Waals surface area contributed by atoms with Gasteiger partial charge in [-0.2, -0.15) is 0 Å². The Balaban J connectivity index is 1.47. The van der Waals surface area contributed by atoms with Crippen molar-refractivity contribution >= 4 is 28.3 Å². The van der Waals surface area contributed by atoms with Gasteiger partial charge in [0.25, 0.3) is 0 Å². The maximum atomic E-state index is 13.0. The van der Waals surface area contributed by atoms with Crippen molar-refractivity contribution < 1.29 is 14.3 Å². The van der Waals surface area contributed by atoms with Crippen molar-refractivity contribution in [3.8, 4) is 22.9 Å². The maximum absolute atomic E-state index is 13.0. The van der Waals surface area contributed by atoms with Crippen LogP contribution >= 0.6 is 0 Å². The predicted molar refractivity (Wildman–Crippen MR) is 155 cm³/mol. The second-order valence-electron chi connectivity index (χ2n) is 9.05. The average molecular weight is 519 g/mol. The summed E-state index contributed by atoms with van der Waals surface area (Å²) in [6.45, 7) is 1.07. The van der Waals surface area contributed by atoms with Crippen LogP contribution in [0.5, 0.6) is 11.5 Å². The van der Waals surface area contributed by atoms with Crippen LogP contribution in [-0.2, 0) is 11.3 Å². The zero-order valence-corrected chi connectivity index (χ0v) is 22.0. The molecule has 0 fully saturated rings. The van der Waals surface area contributed by atoms with Gasteiger partial charge in [0.15, 0.2) is 5.82 Å². The Kier molecular flexibility index (Phi) is 7.98. The molecule has 0 bridgehead atoms. The molecule has 1 N–H and O–H groups in total. The molecule has 5 rings (SSSR count). The van der Waals surface area contributed by atoms with Gasteiger partial charge in [-0.1, -0.05) is 42.5 Å². The number of ether oxygens (including phenoxy) is 2. The Morgan fingerprint density at radius 3 is 2.10 bits per heavy atom. The number of carbonyl (C=O) groups excluding carboxylic acids is 1. The number of para-hydroxylation sites is 1. The zero-order chi connectivity index (χ0) is 27.0. The summed E-state index contributed by atoms with van der Waals surface area (Å²) in [6.07, 6.45) is 0.287. The summed E-state index contributed by atoms with van der Waals surface area (Å²) in [5.41, 5.74) is 3.58. The van der Waals surface area contributed by atoms with Crippen LogP contribution < -0.4 is 19.7 Å². The van der Waals surface area contributed by atoms with Crippen molar-refractivity contribution in [2.24, 2.45) is 0 Å². The summed E-state index contributed by atoms with van der Waals surface area (Å²) in [5, 5.41) is 3.92. The number of nitrogens with zero attached hydrogens (tertiary/aromatic N) is 3. The predicted octanol–water partition coefficient (Wildman–Crippen LogP) is 6.35. The molecule has 0 spiro atoms. The fourth-order valence-electron chi connectivity index (χ4n) is 4.37. The largest absolute Gasteiger partial charge is 0.497 e. The molecule has 0 unspecified atom stereocenters. The summed E-state index contributed by atoms with van der Waals surface area (Å²) >= 11 is 0. The lowest BCUT2D eigenvalue weighted by Gasteiger charge is -2.25. The van der Waals surface area contributed by atoms with E-state index in [1.807, 2.05) is 91.0 Å². The molecule has 4 aromatic carbocycles. The SMILES string of the molecule is COc1ccc(NC(=O)CCN(Cc2ccccc2)c2nc(-c3ccc(OC)cc3)nc3ccccc23)cc1. The van der Waals surface area contributed by atoms with E-state index in [2.05, 4.69) is 22.3 Å². The fourth-order valence-corrected chi connectivity index (χ4v) is 4.37. The van der Waals surface area contributed by atoms with Gasteiger partial charge in [-0.3, -0.25) is 4.79 Å². The smallest absolute Gasteiger partial charge is 0.226 e. The van der Waals surface area contributed by atoms with E-state index in [9.17, 15) is 4.79 Å². The Labute approximate surface area is 228 Å². The Morgan fingerprint density at radius 2 is 1.41 bits per heavy atom. The highest BCUT2D eigenvalue weighted by molar-refractivity contribution is 5.93. The van der Waals surface area contributed by atoms with E-state index >= 15 is 0 Å². The van der Waals surface area contributed by atoms with E-state index in [1.165, 1.54) is 0 Å². The van der Waals surface area contributed by atoms with Crippen LogP contribution in [0.4, 0.5) is 11.5 Å². The normalized spacial score (nSPS) is 10.7. The van der Waals surface area contributed by atoms with E-state index in [4.69, 9.17) is 19.4 Å². The average Bonchev–Trinajstić information content (AvgIpc) is 2.99. The van der Waals surface area contributed by atoms with Crippen LogP contribution in [0.25, 0.3) is 22.3 Å². The van der Waals surface area contributed by atoms with Gasteiger partial charge in [0.2, 0.25) is 5.91 Å². The summed E-state index contributed by atoms with van der Waals surface area (Å²) < 4.78 is 10.5. The Bertz CT molecular complexity index is 1540.